The fourth-order valence-electron chi connectivity index (χ4n) is 2.90. The molecule has 0 fully saturated rings. The molecule has 2 aromatic rings. The van der Waals surface area contributed by atoms with Gasteiger partial charge in [0.25, 0.3) is 5.91 Å². The third kappa shape index (κ3) is 5.64. The highest BCUT2D eigenvalue weighted by molar-refractivity contribution is 6.30. The molecule has 0 saturated carbocycles. The van der Waals surface area contributed by atoms with Crippen molar-refractivity contribution in [3.8, 4) is 5.75 Å². The van der Waals surface area contributed by atoms with Crippen LogP contribution >= 0.6 is 11.6 Å². The predicted octanol–water partition coefficient (Wildman–Crippen LogP) is 5.00. The molecule has 0 saturated heterocycles. The fourth-order valence-corrected chi connectivity index (χ4v) is 3.02. The highest BCUT2D eigenvalue weighted by atomic mass is 35.5. The van der Waals surface area contributed by atoms with E-state index in [1.807, 2.05) is 45.0 Å². The van der Waals surface area contributed by atoms with Crippen molar-refractivity contribution < 1.29 is 19.1 Å². The van der Waals surface area contributed by atoms with E-state index in [0.717, 1.165) is 11.1 Å². The summed E-state index contributed by atoms with van der Waals surface area (Å²) in [7, 11) is 0. The van der Waals surface area contributed by atoms with Crippen LogP contribution < -0.4 is 10.1 Å². The number of nitrogens with zero attached hydrogens (tertiary/aromatic N) is 1. The molecule has 1 aliphatic heterocycles. The first-order valence-electron chi connectivity index (χ1n) is 9.43. The summed E-state index contributed by atoms with van der Waals surface area (Å²) >= 11 is 5.97. The lowest BCUT2D eigenvalue weighted by Gasteiger charge is -2.28. The van der Waals surface area contributed by atoms with Gasteiger partial charge in [0.2, 0.25) is 0 Å². The zero-order valence-corrected chi connectivity index (χ0v) is 17.7. The van der Waals surface area contributed by atoms with Crippen LogP contribution in [0.3, 0.4) is 0 Å². The van der Waals surface area contributed by atoms with Gasteiger partial charge < -0.3 is 14.8 Å². The van der Waals surface area contributed by atoms with E-state index >= 15 is 0 Å². The van der Waals surface area contributed by atoms with Crippen LogP contribution in [0.1, 0.15) is 38.8 Å². The van der Waals surface area contributed by atoms with Gasteiger partial charge in [0, 0.05) is 18.1 Å². The number of ether oxygens (including phenoxy) is 2. The monoisotopic (exact) mass is 416 g/mol. The maximum absolute atomic E-state index is 12.8. The van der Waals surface area contributed by atoms with Crippen LogP contribution in [0.25, 0.3) is 0 Å². The molecule has 1 heterocycles. The third-order valence-corrected chi connectivity index (χ3v) is 4.54. The fraction of sp³-hybridized carbons (Fsp3) is 0.364. The van der Waals surface area contributed by atoms with Crippen LogP contribution in [-0.2, 0) is 22.6 Å². The summed E-state index contributed by atoms with van der Waals surface area (Å²) in [4.78, 5) is 26.3. The lowest BCUT2D eigenvalue weighted by atomic mass is 10.1. The minimum atomic E-state index is -0.608. The Balaban J connectivity index is 1.82. The smallest absolute Gasteiger partial charge is 0.410 e. The van der Waals surface area contributed by atoms with E-state index in [4.69, 9.17) is 21.1 Å². The first-order valence-corrected chi connectivity index (χ1v) is 9.81. The summed E-state index contributed by atoms with van der Waals surface area (Å²) in [6, 6.07) is 12.8. The number of amides is 2. The van der Waals surface area contributed by atoms with Gasteiger partial charge in [0.1, 0.15) is 11.4 Å². The van der Waals surface area contributed by atoms with E-state index in [9.17, 15) is 9.59 Å². The molecule has 2 aromatic carbocycles. The second kappa shape index (κ2) is 8.33. The second-order valence-corrected chi connectivity index (χ2v) is 8.48. The Hall–Kier alpha value is -2.73. The van der Waals surface area contributed by atoms with E-state index in [1.165, 1.54) is 0 Å². The Morgan fingerprint density at radius 3 is 2.41 bits per heavy atom. The zero-order chi connectivity index (χ0) is 21.2. The molecular weight excluding hydrogens is 392 g/mol. The maximum Gasteiger partial charge on any atom is 0.410 e. The summed E-state index contributed by atoms with van der Waals surface area (Å²) in [5.74, 6) is 0.419. The van der Waals surface area contributed by atoms with Crippen molar-refractivity contribution in [3.05, 3.63) is 58.6 Å². The molecule has 3 rings (SSSR count). The Morgan fingerprint density at radius 1 is 1.14 bits per heavy atom. The molecule has 0 spiro atoms. The van der Waals surface area contributed by atoms with Gasteiger partial charge in [0.05, 0.1) is 5.69 Å². The number of carbonyl (C=O) groups excluding carboxylic acids is 2. The van der Waals surface area contributed by atoms with Crippen LogP contribution in [0, 0.1) is 0 Å². The number of hydrogen-bond acceptors (Lipinski definition) is 4. The summed E-state index contributed by atoms with van der Waals surface area (Å²) in [5, 5.41) is 3.47. The van der Waals surface area contributed by atoms with Gasteiger partial charge in [-0.1, -0.05) is 29.8 Å². The van der Waals surface area contributed by atoms with Gasteiger partial charge in [-0.2, -0.15) is 0 Å². The third-order valence-electron chi connectivity index (χ3n) is 4.29. The highest BCUT2D eigenvalue weighted by Gasteiger charge is 2.25. The number of benzene rings is 2. The predicted molar refractivity (Wildman–Crippen MR) is 112 cm³/mol. The molecule has 1 N–H and O–H groups in total. The van der Waals surface area contributed by atoms with Crippen molar-refractivity contribution >= 4 is 29.3 Å². The van der Waals surface area contributed by atoms with Crippen molar-refractivity contribution in [3.63, 3.8) is 0 Å². The van der Waals surface area contributed by atoms with Gasteiger partial charge in [-0.3, -0.25) is 9.69 Å². The van der Waals surface area contributed by atoms with Gasteiger partial charge >= 0.3 is 6.09 Å². The molecule has 0 aliphatic carbocycles. The lowest BCUT2D eigenvalue weighted by Crippen LogP contribution is -2.36. The van der Waals surface area contributed by atoms with Crippen molar-refractivity contribution in [1.29, 1.82) is 0 Å². The number of rotatable bonds is 4. The summed E-state index contributed by atoms with van der Waals surface area (Å²) < 4.78 is 11.2. The van der Waals surface area contributed by atoms with Gasteiger partial charge in [-0.05, 0) is 63.1 Å². The summed E-state index contributed by atoms with van der Waals surface area (Å²) in [5.41, 5.74) is 1.77. The molecule has 0 aromatic heterocycles. The van der Waals surface area contributed by atoms with E-state index in [2.05, 4.69) is 5.32 Å². The number of anilines is 1. The number of hydrogen-bond donors (Lipinski definition) is 1. The van der Waals surface area contributed by atoms with Crippen LogP contribution in [0.15, 0.2) is 42.5 Å². The van der Waals surface area contributed by atoms with Crippen molar-refractivity contribution in [2.75, 3.05) is 5.32 Å². The molecule has 1 unspecified atom stereocenters. The molecule has 154 valence electrons. The number of fused-ring (bicyclic) bond motifs is 1. The van der Waals surface area contributed by atoms with E-state index in [1.54, 1.807) is 30.0 Å². The van der Waals surface area contributed by atoms with Crippen molar-refractivity contribution in [1.82, 2.24) is 4.90 Å². The minimum absolute atomic E-state index is 0.195. The molecule has 29 heavy (non-hydrogen) atoms. The lowest BCUT2D eigenvalue weighted by molar-refractivity contribution is -0.122. The topological polar surface area (TPSA) is 67.9 Å². The summed E-state index contributed by atoms with van der Waals surface area (Å²) in [6.07, 6.45) is -0.949. The Kier molecular flexibility index (Phi) is 6.03. The zero-order valence-electron chi connectivity index (χ0n) is 17.0. The van der Waals surface area contributed by atoms with E-state index in [0.29, 0.717) is 29.5 Å². The molecule has 1 atom stereocenters. The molecule has 1 aliphatic rings. The first-order chi connectivity index (χ1) is 13.6. The largest absolute Gasteiger partial charge is 0.479 e. The molecule has 7 heteroatoms. The van der Waals surface area contributed by atoms with Gasteiger partial charge in [-0.15, -0.1) is 0 Å². The van der Waals surface area contributed by atoms with Crippen LogP contribution in [-0.4, -0.2) is 28.6 Å². The van der Waals surface area contributed by atoms with Crippen molar-refractivity contribution in [2.24, 2.45) is 0 Å². The molecular formula is C22H25ClN2O4. The number of nitrogens with one attached hydrogen (secondary N) is 1. The van der Waals surface area contributed by atoms with E-state index in [-0.39, 0.29) is 5.91 Å². The van der Waals surface area contributed by atoms with Gasteiger partial charge in [0.15, 0.2) is 6.10 Å². The first kappa shape index (κ1) is 21.0. The van der Waals surface area contributed by atoms with Gasteiger partial charge in [-0.25, -0.2) is 4.79 Å². The minimum Gasteiger partial charge on any atom is -0.479 e. The molecule has 0 bridgehead atoms. The maximum atomic E-state index is 12.8. The number of carbonyl (C=O) groups is 2. The number of halogens is 1. The van der Waals surface area contributed by atoms with Crippen molar-refractivity contribution in [2.45, 2.75) is 52.5 Å². The summed E-state index contributed by atoms with van der Waals surface area (Å²) in [6.45, 7) is 7.87. The molecule has 2 amide bonds. The average molecular weight is 417 g/mol. The average Bonchev–Trinajstić information content (AvgIpc) is 2.62. The highest BCUT2D eigenvalue weighted by Crippen LogP contribution is 2.31. The van der Waals surface area contributed by atoms with Crippen LogP contribution in [0.4, 0.5) is 10.5 Å². The second-order valence-electron chi connectivity index (χ2n) is 8.04. The Morgan fingerprint density at radius 2 is 1.76 bits per heavy atom. The SMILES string of the molecule is CC1Oc2ccc(CN(Cc3ccc(Cl)cc3)C(=O)OC(C)(C)C)cc2NC1=O. The quantitative estimate of drug-likeness (QED) is 0.761. The molecule has 6 nitrogen and oxygen atoms in total. The standard InChI is InChI=1S/C22H25ClN2O4/c1-14-20(26)24-18-11-16(7-10-19(18)28-14)13-25(21(27)29-22(2,3)4)12-15-5-8-17(23)9-6-15/h5-11,14H,12-13H2,1-4H3,(H,24,26). The Bertz CT molecular complexity index is 906. The van der Waals surface area contributed by atoms with Crippen LogP contribution in [0.2, 0.25) is 5.02 Å². The van der Waals surface area contributed by atoms with E-state index < -0.39 is 17.8 Å². The normalized spacial score (nSPS) is 15.8. The molecule has 0 radical (unpaired) electrons. The Labute approximate surface area is 175 Å². The van der Waals surface area contributed by atoms with Crippen LogP contribution in [0.5, 0.6) is 5.75 Å².